The van der Waals surface area contributed by atoms with Crippen LogP contribution in [0.25, 0.3) is 0 Å². The van der Waals surface area contributed by atoms with Gasteiger partial charge in [0.25, 0.3) is 0 Å². The number of hydrogen-bond acceptors (Lipinski definition) is 3. The Bertz CT molecular complexity index is 451. The van der Waals surface area contributed by atoms with E-state index in [1.54, 1.807) is 7.11 Å². The number of nitrogens with zero attached hydrogens (tertiary/aromatic N) is 1. The van der Waals surface area contributed by atoms with E-state index in [1.165, 1.54) is 5.56 Å². The van der Waals surface area contributed by atoms with E-state index in [-0.39, 0.29) is 24.2 Å². The molecule has 1 aliphatic rings. The second-order valence-electron chi connectivity index (χ2n) is 4.69. The maximum Gasteiger partial charge on any atom is 0.231 e. The lowest BCUT2D eigenvalue weighted by Crippen LogP contribution is -2.37. The molecule has 0 radical (unpaired) electrons. The van der Waals surface area contributed by atoms with Crippen molar-refractivity contribution in [3.63, 3.8) is 0 Å². The molecule has 1 heterocycles. The number of halogens is 1. The average Bonchev–Trinajstić information content (AvgIpc) is 2.80. The maximum absolute atomic E-state index is 12.3. The zero-order chi connectivity index (χ0) is 13.1. The van der Waals surface area contributed by atoms with Crippen LogP contribution in [-0.4, -0.2) is 33.2 Å². The number of fused-ring (bicyclic) bond motifs is 1. The van der Waals surface area contributed by atoms with Crippen molar-refractivity contribution in [3.05, 3.63) is 23.8 Å². The predicted octanol–water partition coefficient (Wildman–Crippen LogP) is 1.86. The molecular formula is C14H21ClN2O2. The first-order chi connectivity index (χ1) is 8.67. The molecule has 2 rings (SSSR count). The van der Waals surface area contributed by atoms with E-state index in [4.69, 9.17) is 4.74 Å². The van der Waals surface area contributed by atoms with Crippen LogP contribution in [-0.2, 0) is 11.2 Å². The van der Waals surface area contributed by atoms with Gasteiger partial charge in [-0.3, -0.25) is 4.79 Å². The molecule has 1 aromatic rings. The smallest absolute Gasteiger partial charge is 0.231 e. The number of rotatable bonds is 4. The van der Waals surface area contributed by atoms with E-state index in [0.29, 0.717) is 6.54 Å². The van der Waals surface area contributed by atoms with E-state index >= 15 is 0 Å². The van der Waals surface area contributed by atoms with Gasteiger partial charge in [-0.1, -0.05) is 6.92 Å². The Morgan fingerprint density at radius 2 is 2.26 bits per heavy atom. The van der Waals surface area contributed by atoms with Crippen LogP contribution in [0, 0.1) is 5.92 Å². The maximum atomic E-state index is 12.3. The number of amides is 1. The number of hydrogen-bond donors (Lipinski definition) is 1. The zero-order valence-corrected chi connectivity index (χ0v) is 12.4. The first-order valence-corrected chi connectivity index (χ1v) is 6.30. The van der Waals surface area contributed by atoms with Crippen molar-refractivity contribution >= 4 is 24.0 Å². The number of nitrogens with one attached hydrogen (secondary N) is 1. The van der Waals surface area contributed by atoms with Gasteiger partial charge in [0, 0.05) is 24.7 Å². The highest BCUT2D eigenvalue weighted by atomic mass is 35.5. The van der Waals surface area contributed by atoms with Crippen LogP contribution in [0.4, 0.5) is 5.69 Å². The molecule has 0 saturated carbocycles. The minimum atomic E-state index is 0. The van der Waals surface area contributed by atoms with Crippen molar-refractivity contribution in [2.75, 3.05) is 32.1 Å². The van der Waals surface area contributed by atoms with Gasteiger partial charge in [0.05, 0.1) is 7.11 Å². The zero-order valence-electron chi connectivity index (χ0n) is 11.6. The fourth-order valence-corrected chi connectivity index (χ4v) is 2.39. The topological polar surface area (TPSA) is 41.6 Å². The van der Waals surface area contributed by atoms with Crippen molar-refractivity contribution in [2.45, 2.75) is 13.3 Å². The van der Waals surface area contributed by atoms with Crippen molar-refractivity contribution in [1.29, 1.82) is 0 Å². The van der Waals surface area contributed by atoms with Crippen molar-refractivity contribution in [3.8, 4) is 5.75 Å². The summed E-state index contributed by atoms with van der Waals surface area (Å²) in [5.74, 6) is 1.04. The highest BCUT2D eigenvalue weighted by Gasteiger charge is 2.27. The lowest BCUT2D eigenvalue weighted by Gasteiger charge is -2.21. The van der Waals surface area contributed by atoms with E-state index in [1.807, 2.05) is 37.1 Å². The van der Waals surface area contributed by atoms with Crippen LogP contribution in [0.5, 0.6) is 5.75 Å². The van der Waals surface area contributed by atoms with E-state index in [2.05, 4.69) is 5.32 Å². The third-order valence-electron chi connectivity index (χ3n) is 3.38. The minimum absolute atomic E-state index is 0. The molecule has 19 heavy (non-hydrogen) atoms. The molecule has 4 nitrogen and oxygen atoms in total. The van der Waals surface area contributed by atoms with Crippen molar-refractivity contribution in [1.82, 2.24) is 5.32 Å². The Balaban J connectivity index is 0.00000180. The molecule has 5 heteroatoms. The lowest BCUT2D eigenvalue weighted by atomic mass is 10.1. The van der Waals surface area contributed by atoms with Crippen molar-refractivity contribution in [2.24, 2.45) is 5.92 Å². The quantitative estimate of drug-likeness (QED) is 0.918. The molecule has 0 aliphatic carbocycles. The molecule has 106 valence electrons. The van der Waals surface area contributed by atoms with Gasteiger partial charge in [-0.2, -0.15) is 0 Å². The lowest BCUT2D eigenvalue weighted by molar-refractivity contribution is -0.121. The molecule has 1 N–H and O–H groups in total. The van der Waals surface area contributed by atoms with Gasteiger partial charge >= 0.3 is 0 Å². The van der Waals surface area contributed by atoms with Gasteiger partial charge < -0.3 is 15.0 Å². The number of benzene rings is 1. The molecular weight excluding hydrogens is 264 g/mol. The molecule has 1 unspecified atom stereocenters. The fourth-order valence-electron chi connectivity index (χ4n) is 2.39. The first kappa shape index (κ1) is 15.8. The normalized spacial score (nSPS) is 14.6. The van der Waals surface area contributed by atoms with Gasteiger partial charge in [0.1, 0.15) is 5.75 Å². The summed E-state index contributed by atoms with van der Waals surface area (Å²) in [6.45, 7) is 3.44. The summed E-state index contributed by atoms with van der Waals surface area (Å²) in [6, 6.07) is 5.91. The van der Waals surface area contributed by atoms with E-state index in [0.717, 1.165) is 24.4 Å². The van der Waals surface area contributed by atoms with Crippen LogP contribution in [0.3, 0.4) is 0 Å². The Labute approximate surface area is 120 Å². The van der Waals surface area contributed by atoms with Crippen LogP contribution in [0.15, 0.2) is 18.2 Å². The Morgan fingerprint density at radius 1 is 1.53 bits per heavy atom. The summed E-state index contributed by atoms with van der Waals surface area (Å²) in [5, 5.41) is 3.05. The largest absolute Gasteiger partial charge is 0.497 e. The SMILES string of the molecule is CNCC(C)C(=O)N1CCc2cc(OC)ccc21.Cl. The summed E-state index contributed by atoms with van der Waals surface area (Å²) in [5.41, 5.74) is 2.23. The predicted molar refractivity (Wildman–Crippen MR) is 79.4 cm³/mol. The Hall–Kier alpha value is -1.26. The molecule has 0 bridgehead atoms. The number of ether oxygens (including phenoxy) is 1. The first-order valence-electron chi connectivity index (χ1n) is 6.30. The van der Waals surface area contributed by atoms with Gasteiger partial charge in [-0.25, -0.2) is 0 Å². The average molecular weight is 285 g/mol. The Kier molecular flexibility index (Phi) is 5.63. The minimum Gasteiger partial charge on any atom is -0.497 e. The monoisotopic (exact) mass is 284 g/mol. The molecule has 1 amide bonds. The van der Waals surface area contributed by atoms with Gasteiger partial charge in [0.2, 0.25) is 5.91 Å². The fraction of sp³-hybridized carbons (Fsp3) is 0.500. The molecule has 1 atom stereocenters. The van der Waals surface area contributed by atoms with Gasteiger partial charge in [-0.15, -0.1) is 12.4 Å². The van der Waals surface area contributed by atoms with E-state index in [9.17, 15) is 4.79 Å². The third-order valence-corrected chi connectivity index (χ3v) is 3.38. The molecule has 0 spiro atoms. The van der Waals surface area contributed by atoms with Crippen LogP contribution < -0.4 is 15.0 Å². The molecule has 0 saturated heterocycles. The molecule has 0 fully saturated rings. The summed E-state index contributed by atoms with van der Waals surface area (Å²) in [6.07, 6.45) is 0.907. The second-order valence-corrected chi connectivity index (χ2v) is 4.69. The number of methoxy groups -OCH3 is 1. The molecule has 0 aromatic heterocycles. The Morgan fingerprint density at radius 3 is 2.89 bits per heavy atom. The summed E-state index contributed by atoms with van der Waals surface area (Å²) < 4.78 is 5.21. The number of carbonyl (C=O) groups excluding carboxylic acids is 1. The number of anilines is 1. The van der Waals surface area contributed by atoms with Gasteiger partial charge in [0.15, 0.2) is 0 Å². The molecule has 1 aromatic carbocycles. The van der Waals surface area contributed by atoms with Crippen LogP contribution in [0.2, 0.25) is 0 Å². The highest BCUT2D eigenvalue weighted by molar-refractivity contribution is 5.97. The van der Waals surface area contributed by atoms with Crippen molar-refractivity contribution < 1.29 is 9.53 Å². The summed E-state index contributed by atoms with van der Waals surface area (Å²) in [7, 11) is 3.53. The third kappa shape index (κ3) is 3.19. The molecule has 1 aliphatic heterocycles. The summed E-state index contributed by atoms with van der Waals surface area (Å²) >= 11 is 0. The number of carbonyl (C=O) groups is 1. The van der Waals surface area contributed by atoms with Gasteiger partial charge in [-0.05, 0) is 37.2 Å². The van der Waals surface area contributed by atoms with Crippen LogP contribution >= 0.6 is 12.4 Å². The summed E-state index contributed by atoms with van der Waals surface area (Å²) in [4.78, 5) is 14.2. The standard InChI is InChI=1S/C14H20N2O2.ClH/c1-10(9-15-2)14(17)16-7-6-11-8-12(18-3)4-5-13(11)16;/h4-5,8,10,15H,6-7,9H2,1-3H3;1H. The van der Waals surface area contributed by atoms with Crippen LogP contribution in [0.1, 0.15) is 12.5 Å². The highest BCUT2D eigenvalue weighted by Crippen LogP contribution is 2.32. The second kappa shape index (κ2) is 6.78. The van der Waals surface area contributed by atoms with E-state index < -0.39 is 0 Å².